The number of rotatable bonds is 3. The van der Waals surface area contributed by atoms with Crippen LogP contribution in [0.3, 0.4) is 0 Å². The molecule has 3 heterocycles. The van der Waals surface area contributed by atoms with Crippen molar-refractivity contribution in [2.45, 2.75) is 0 Å². The lowest BCUT2D eigenvalue weighted by Crippen LogP contribution is -1.96. The van der Waals surface area contributed by atoms with E-state index in [0.717, 1.165) is 27.6 Å². The molecule has 0 aliphatic carbocycles. The van der Waals surface area contributed by atoms with Crippen molar-refractivity contribution in [1.82, 2.24) is 29.5 Å². The molecule has 2 aromatic carbocycles. The van der Waals surface area contributed by atoms with Crippen molar-refractivity contribution in [3.8, 4) is 17.3 Å². The molecule has 0 fully saturated rings. The molecule has 0 amide bonds. The molecule has 0 aliphatic rings. The van der Waals surface area contributed by atoms with Gasteiger partial charge in [-0.15, -0.1) is 0 Å². The average Bonchev–Trinajstić information content (AvgIpc) is 3.27. The monoisotopic (exact) mass is 342 g/mol. The van der Waals surface area contributed by atoms with Gasteiger partial charge in [-0.05, 0) is 30.3 Å². The summed E-state index contributed by atoms with van der Waals surface area (Å²) in [7, 11) is 1.84. The van der Waals surface area contributed by atoms with Gasteiger partial charge in [0.05, 0.1) is 23.6 Å². The first-order valence-corrected chi connectivity index (χ1v) is 8.13. The second kappa shape index (κ2) is 5.66. The second-order valence-corrected chi connectivity index (χ2v) is 5.90. The summed E-state index contributed by atoms with van der Waals surface area (Å²) in [6.07, 6.45) is 5.04. The smallest absolute Gasteiger partial charge is 0.233 e. The summed E-state index contributed by atoms with van der Waals surface area (Å²) in [4.78, 5) is 8.44. The molecule has 0 bridgehead atoms. The van der Waals surface area contributed by atoms with Gasteiger partial charge in [-0.1, -0.05) is 18.2 Å². The lowest BCUT2D eigenvalue weighted by molar-refractivity contribution is 0.468. The molecule has 0 atom stereocenters. The highest BCUT2D eigenvalue weighted by Gasteiger charge is 2.10. The highest BCUT2D eigenvalue weighted by atomic mass is 16.5. The number of benzene rings is 2. The molecular weight excluding hydrogens is 328 g/mol. The third-order valence-corrected chi connectivity index (χ3v) is 4.27. The zero-order valence-corrected chi connectivity index (χ0v) is 13.9. The van der Waals surface area contributed by atoms with E-state index in [4.69, 9.17) is 4.74 Å². The maximum Gasteiger partial charge on any atom is 0.233 e. The number of ether oxygens (including phenoxy) is 1. The first-order valence-electron chi connectivity index (χ1n) is 8.13. The number of para-hydroxylation sites is 1. The van der Waals surface area contributed by atoms with E-state index in [1.165, 1.54) is 6.33 Å². The van der Waals surface area contributed by atoms with Crippen molar-refractivity contribution in [1.29, 1.82) is 0 Å². The van der Waals surface area contributed by atoms with Gasteiger partial charge in [-0.25, -0.2) is 14.6 Å². The molecule has 126 valence electrons. The summed E-state index contributed by atoms with van der Waals surface area (Å²) in [6.45, 7) is 0. The SMILES string of the molecule is Cn1ncc2c(Oc3ccc(-n4ncc5ccccc54)cc3)ncnc21. The normalized spacial score (nSPS) is 11.3. The number of nitrogens with zero attached hydrogens (tertiary/aromatic N) is 6. The van der Waals surface area contributed by atoms with Crippen LogP contribution in [0.5, 0.6) is 11.6 Å². The van der Waals surface area contributed by atoms with E-state index < -0.39 is 0 Å². The molecule has 5 rings (SSSR count). The van der Waals surface area contributed by atoms with Crippen molar-refractivity contribution < 1.29 is 4.74 Å². The maximum atomic E-state index is 5.93. The van der Waals surface area contributed by atoms with Crippen LogP contribution in [-0.2, 0) is 7.05 Å². The van der Waals surface area contributed by atoms with E-state index in [9.17, 15) is 0 Å². The Labute approximate surface area is 148 Å². The fourth-order valence-corrected chi connectivity index (χ4v) is 2.97. The van der Waals surface area contributed by atoms with Gasteiger partial charge in [-0.2, -0.15) is 10.2 Å². The minimum Gasteiger partial charge on any atom is -0.438 e. The van der Waals surface area contributed by atoms with Gasteiger partial charge in [0.2, 0.25) is 5.88 Å². The van der Waals surface area contributed by atoms with Crippen LogP contribution in [0.25, 0.3) is 27.6 Å². The Morgan fingerprint density at radius 3 is 2.62 bits per heavy atom. The Bertz CT molecular complexity index is 1220. The average molecular weight is 342 g/mol. The quantitative estimate of drug-likeness (QED) is 0.502. The van der Waals surface area contributed by atoms with Gasteiger partial charge in [0.25, 0.3) is 0 Å². The number of hydrogen-bond donors (Lipinski definition) is 0. The van der Waals surface area contributed by atoms with Crippen molar-refractivity contribution in [2.24, 2.45) is 7.05 Å². The second-order valence-electron chi connectivity index (χ2n) is 5.90. The molecular formula is C19H14N6O. The zero-order valence-electron chi connectivity index (χ0n) is 13.9. The van der Waals surface area contributed by atoms with E-state index in [1.54, 1.807) is 10.9 Å². The minimum absolute atomic E-state index is 0.486. The Morgan fingerprint density at radius 1 is 0.885 bits per heavy atom. The van der Waals surface area contributed by atoms with Crippen LogP contribution in [0.15, 0.2) is 67.3 Å². The highest BCUT2D eigenvalue weighted by Crippen LogP contribution is 2.27. The largest absolute Gasteiger partial charge is 0.438 e. The van der Waals surface area contributed by atoms with Crippen LogP contribution < -0.4 is 4.74 Å². The zero-order chi connectivity index (χ0) is 17.5. The van der Waals surface area contributed by atoms with Gasteiger partial charge >= 0.3 is 0 Å². The van der Waals surface area contributed by atoms with Gasteiger partial charge in [-0.3, -0.25) is 4.68 Å². The van der Waals surface area contributed by atoms with E-state index in [-0.39, 0.29) is 0 Å². The van der Waals surface area contributed by atoms with Gasteiger partial charge in [0.15, 0.2) is 5.65 Å². The summed E-state index contributed by atoms with van der Waals surface area (Å²) in [5.74, 6) is 1.18. The molecule has 0 radical (unpaired) electrons. The molecule has 26 heavy (non-hydrogen) atoms. The molecule has 0 N–H and O–H groups in total. The van der Waals surface area contributed by atoms with Crippen molar-refractivity contribution in [3.05, 3.63) is 67.3 Å². The van der Waals surface area contributed by atoms with Crippen LogP contribution in [-0.4, -0.2) is 29.5 Å². The third kappa shape index (κ3) is 2.29. The molecule has 5 aromatic rings. The number of aromatic nitrogens is 6. The van der Waals surface area contributed by atoms with E-state index >= 15 is 0 Å². The first-order chi connectivity index (χ1) is 12.8. The maximum absolute atomic E-state index is 5.93. The van der Waals surface area contributed by atoms with Crippen molar-refractivity contribution >= 4 is 21.9 Å². The fourth-order valence-electron chi connectivity index (χ4n) is 2.97. The molecule has 0 saturated heterocycles. The fraction of sp³-hybridized carbons (Fsp3) is 0.0526. The molecule has 0 spiro atoms. The predicted octanol–water partition coefficient (Wildman–Crippen LogP) is 3.49. The van der Waals surface area contributed by atoms with Crippen molar-refractivity contribution in [2.75, 3.05) is 0 Å². The number of fused-ring (bicyclic) bond motifs is 2. The van der Waals surface area contributed by atoms with Gasteiger partial charge < -0.3 is 4.74 Å². The lowest BCUT2D eigenvalue weighted by atomic mass is 10.2. The first kappa shape index (κ1) is 14.6. The Balaban J connectivity index is 1.48. The molecule has 0 saturated carbocycles. The van der Waals surface area contributed by atoms with E-state index in [2.05, 4.69) is 20.2 Å². The van der Waals surface area contributed by atoms with Crippen molar-refractivity contribution in [3.63, 3.8) is 0 Å². The standard InChI is InChI=1S/C19H14N6O/c1-24-18-16(11-22-24)19(21-12-20-18)26-15-8-6-14(7-9-15)25-17-5-3-2-4-13(17)10-23-25/h2-12H,1H3. The van der Waals surface area contributed by atoms with Crippen LogP contribution in [0, 0.1) is 0 Å². The minimum atomic E-state index is 0.486. The number of hydrogen-bond acceptors (Lipinski definition) is 5. The lowest BCUT2D eigenvalue weighted by Gasteiger charge is -2.07. The Hall–Kier alpha value is -3.74. The Morgan fingerprint density at radius 2 is 1.73 bits per heavy atom. The van der Waals surface area contributed by atoms with Crippen LogP contribution in [0.1, 0.15) is 0 Å². The third-order valence-electron chi connectivity index (χ3n) is 4.27. The summed E-state index contributed by atoms with van der Waals surface area (Å²) in [5.41, 5.74) is 2.76. The van der Waals surface area contributed by atoms with Gasteiger partial charge in [0.1, 0.15) is 17.5 Å². The van der Waals surface area contributed by atoms with E-state index in [0.29, 0.717) is 11.6 Å². The summed E-state index contributed by atoms with van der Waals surface area (Å²) in [6, 6.07) is 15.8. The summed E-state index contributed by atoms with van der Waals surface area (Å²) in [5, 5.41) is 10.5. The summed E-state index contributed by atoms with van der Waals surface area (Å²) >= 11 is 0. The topological polar surface area (TPSA) is 70.7 Å². The number of aryl methyl sites for hydroxylation is 1. The molecule has 3 aromatic heterocycles. The van der Waals surface area contributed by atoms with Crippen LogP contribution >= 0.6 is 0 Å². The summed E-state index contributed by atoms with van der Waals surface area (Å²) < 4.78 is 9.53. The highest BCUT2D eigenvalue weighted by molar-refractivity contribution is 5.80. The van der Waals surface area contributed by atoms with Crippen LogP contribution in [0.2, 0.25) is 0 Å². The van der Waals surface area contributed by atoms with Crippen LogP contribution in [0.4, 0.5) is 0 Å². The molecule has 0 unspecified atom stereocenters. The van der Waals surface area contributed by atoms with Gasteiger partial charge in [0, 0.05) is 12.4 Å². The molecule has 0 aliphatic heterocycles. The van der Waals surface area contributed by atoms with E-state index in [1.807, 2.05) is 66.5 Å². The molecule has 7 nitrogen and oxygen atoms in total. The predicted molar refractivity (Wildman–Crippen MR) is 97.4 cm³/mol. The molecule has 7 heteroatoms. The Kier molecular flexibility index (Phi) is 3.18.